The Morgan fingerprint density at radius 2 is 2.16 bits per heavy atom. The monoisotopic (exact) mass is 357 g/mol. The molecule has 3 heterocycles. The summed E-state index contributed by atoms with van der Waals surface area (Å²) in [5, 5.41) is 15.9. The number of aliphatic hydroxyl groups is 1. The van der Waals surface area contributed by atoms with Gasteiger partial charge in [0.15, 0.2) is 6.10 Å². The lowest BCUT2D eigenvalue weighted by atomic mass is 10.2. The van der Waals surface area contributed by atoms with E-state index in [9.17, 15) is 5.11 Å². The zero-order valence-electron chi connectivity index (χ0n) is 14.0. The third kappa shape index (κ3) is 3.33. The second-order valence-electron chi connectivity index (χ2n) is 6.42. The van der Waals surface area contributed by atoms with Crippen molar-refractivity contribution in [2.24, 2.45) is 7.05 Å². The highest BCUT2D eigenvalue weighted by Gasteiger charge is 2.23. The van der Waals surface area contributed by atoms with E-state index in [0.717, 1.165) is 36.9 Å². The van der Waals surface area contributed by atoms with Crippen molar-refractivity contribution in [1.82, 2.24) is 24.2 Å². The normalized spacial score (nSPS) is 16.0. The zero-order chi connectivity index (χ0) is 17.4. The lowest BCUT2D eigenvalue weighted by Gasteiger charge is -2.27. The minimum atomic E-state index is -0.806. The second kappa shape index (κ2) is 6.63. The number of aromatic nitrogens is 4. The molecule has 1 aliphatic rings. The van der Waals surface area contributed by atoms with Crippen molar-refractivity contribution in [2.45, 2.75) is 25.7 Å². The molecular weight excluding hydrogens is 338 g/mol. The van der Waals surface area contributed by atoms with Gasteiger partial charge in [-0.1, -0.05) is 23.7 Å². The van der Waals surface area contributed by atoms with Crippen molar-refractivity contribution < 1.29 is 5.11 Å². The van der Waals surface area contributed by atoms with Crippen LogP contribution in [-0.2, 0) is 26.7 Å². The maximum atomic E-state index is 10.6. The van der Waals surface area contributed by atoms with Crippen molar-refractivity contribution in [3.63, 3.8) is 0 Å². The van der Waals surface area contributed by atoms with E-state index >= 15 is 0 Å². The van der Waals surface area contributed by atoms with Crippen molar-refractivity contribution in [1.29, 1.82) is 0 Å². The first kappa shape index (κ1) is 16.3. The van der Waals surface area contributed by atoms with Gasteiger partial charge in [0, 0.05) is 44.1 Å². The van der Waals surface area contributed by atoms with Crippen LogP contribution in [0.15, 0.2) is 42.7 Å². The number of nitrogens with zero attached hydrogens (tertiary/aromatic N) is 5. The Morgan fingerprint density at radius 3 is 2.92 bits per heavy atom. The number of aryl methyl sites for hydroxylation is 1. The van der Waals surface area contributed by atoms with Crippen LogP contribution in [0.25, 0.3) is 0 Å². The third-order valence-corrected chi connectivity index (χ3v) is 4.81. The molecule has 0 bridgehead atoms. The molecule has 0 aliphatic carbocycles. The number of halogens is 1. The number of imidazole rings is 1. The summed E-state index contributed by atoms with van der Waals surface area (Å²) in [4.78, 5) is 6.58. The topological polar surface area (TPSA) is 59.1 Å². The smallest absolute Gasteiger partial charge is 0.155 e. The molecule has 1 N–H and O–H groups in total. The third-order valence-electron chi connectivity index (χ3n) is 4.57. The summed E-state index contributed by atoms with van der Waals surface area (Å²) in [6.07, 6.45) is 2.70. The molecule has 0 radical (unpaired) electrons. The van der Waals surface area contributed by atoms with Gasteiger partial charge in [0.1, 0.15) is 5.82 Å². The Kier molecular flexibility index (Phi) is 4.33. The first-order valence-electron chi connectivity index (χ1n) is 8.29. The quantitative estimate of drug-likeness (QED) is 0.778. The zero-order valence-corrected chi connectivity index (χ0v) is 14.8. The molecule has 1 unspecified atom stereocenters. The SMILES string of the molecule is Cn1ccnc1C(O)c1cc2n(n1)CCN(Cc1cccc(Cl)c1)C2. The molecule has 0 amide bonds. The predicted molar refractivity (Wildman–Crippen MR) is 95.1 cm³/mol. The van der Waals surface area contributed by atoms with Crippen LogP contribution in [0.1, 0.15) is 28.9 Å². The number of fused-ring (bicyclic) bond motifs is 1. The van der Waals surface area contributed by atoms with Crippen LogP contribution < -0.4 is 0 Å². The molecule has 7 heteroatoms. The van der Waals surface area contributed by atoms with Gasteiger partial charge in [-0.2, -0.15) is 5.10 Å². The highest BCUT2D eigenvalue weighted by molar-refractivity contribution is 6.30. The summed E-state index contributed by atoms with van der Waals surface area (Å²) >= 11 is 6.08. The highest BCUT2D eigenvalue weighted by Crippen LogP contribution is 2.23. The van der Waals surface area contributed by atoms with Gasteiger partial charge in [-0.25, -0.2) is 4.98 Å². The van der Waals surface area contributed by atoms with E-state index in [1.807, 2.05) is 46.8 Å². The van der Waals surface area contributed by atoms with Gasteiger partial charge in [0.2, 0.25) is 0 Å². The molecule has 3 aromatic rings. The molecule has 0 saturated heterocycles. The highest BCUT2D eigenvalue weighted by atomic mass is 35.5. The standard InChI is InChI=1S/C18H20ClN5O/c1-22-6-5-20-18(22)17(25)16-10-15-12-23(7-8-24(15)21-16)11-13-3-2-4-14(19)9-13/h2-6,9-10,17,25H,7-8,11-12H2,1H3. The van der Waals surface area contributed by atoms with E-state index in [-0.39, 0.29) is 0 Å². The summed E-state index contributed by atoms with van der Waals surface area (Å²) < 4.78 is 3.80. The Bertz CT molecular complexity index is 887. The Morgan fingerprint density at radius 1 is 1.28 bits per heavy atom. The molecule has 0 saturated carbocycles. The average molecular weight is 358 g/mol. The fraction of sp³-hybridized carbons (Fsp3) is 0.333. The minimum absolute atomic E-state index is 0.603. The van der Waals surface area contributed by atoms with Crippen LogP contribution in [0.4, 0.5) is 0 Å². The van der Waals surface area contributed by atoms with Gasteiger partial charge < -0.3 is 9.67 Å². The molecule has 130 valence electrons. The maximum Gasteiger partial charge on any atom is 0.155 e. The van der Waals surface area contributed by atoms with Gasteiger partial charge in [-0.3, -0.25) is 9.58 Å². The molecule has 1 aromatic carbocycles. The van der Waals surface area contributed by atoms with E-state index in [2.05, 4.69) is 21.0 Å². The van der Waals surface area contributed by atoms with Gasteiger partial charge >= 0.3 is 0 Å². The van der Waals surface area contributed by atoms with E-state index < -0.39 is 6.10 Å². The first-order chi connectivity index (χ1) is 12.1. The van der Waals surface area contributed by atoms with Gasteiger partial charge in [0.05, 0.1) is 17.9 Å². The number of hydrogen-bond acceptors (Lipinski definition) is 4. The van der Waals surface area contributed by atoms with Crippen molar-refractivity contribution >= 4 is 11.6 Å². The largest absolute Gasteiger partial charge is 0.379 e. The van der Waals surface area contributed by atoms with E-state index in [4.69, 9.17) is 11.6 Å². The molecule has 6 nitrogen and oxygen atoms in total. The maximum absolute atomic E-state index is 10.6. The fourth-order valence-electron chi connectivity index (χ4n) is 3.28. The lowest BCUT2D eigenvalue weighted by molar-refractivity contribution is 0.194. The Labute approximate surface area is 151 Å². The number of hydrogen-bond donors (Lipinski definition) is 1. The number of aliphatic hydroxyl groups excluding tert-OH is 1. The molecule has 0 spiro atoms. The van der Waals surface area contributed by atoms with Crippen LogP contribution >= 0.6 is 11.6 Å². The molecule has 0 fully saturated rings. The Hall–Kier alpha value is -2.15. The summed E-state index contributed by atoms with van der Waals surface area (Å²) in [5.41, 5.74) is 2.96. The predicted octanol–water partition coefficient (Wildman–Crippen LogP) is 2.37. The summed E-state index contributed by atoms with van der Waals surface area (Å²) in [6, 6.07) is 9.94. The van der Waals surface area contributed by atoms with Gasteiger partial charge in [-0.05, 0) is 23.8 Å². The molecule has 2 aromatic heterocycles. The van der Waals surface area contributed by atoms with Crippen LogP contribution in [0.3, 0.4) is 0 Å². The van der Waals surface area contributed by atoms with E-state index in [0.29, 0.717) is 11.5 Å². The second-order valence-corrected chi connectivity index (χ2v) is 6.86. The molecule has 1 atom stereocenters. The van der Waals surface area contributed by atoms with Crippen LogP contribution in [0, 0.1) is 0 Å². The lowest BCUT2D eigenvalue weighted by Crippen LogP contribution is -2.33. The molecular formula is C18H20ClN5O. The van der Waals surface area contributed by atoms with Crippen molar-refractivity contribution in [3.05, 3.63) is 70.5 Å². The molecule has 25 heavy (non-hydrogen) atoms. The van der Waals surface area contributed by atoms with E-state index in [1.165, 1.54) is 5.56 Å². The average Bonchev–Trinajstić information content (AvgIpc) is 3.20. The molecule has 4 rings (SSSR count). The fourth-order valence-corrected chi connectivity index (χ4v) is 3.49. The van der Waals surface area contributed by atoms with Crippen molar-refractivity contribution in [3.8, 4) is 0 Å². The van der Waals surface area contributed by atoms with Crippen LogP contribution in [-0.4, -0.2) is 35.9 Å². The number of rotatable bonds is 4. The van der Waals surface area contributed by atoms with Crippen LogP contribution in [0.2, 0.25) is 5.02 Å². The summed E-state index contributed by atoms with van der Waals surface area (Å²) in [5.74, 6) is 0.603. The van der Waals surface area contributed by atoms with Gasteiger partial charge in [-0.15, -0.1) is 0 Å². The van der Waals surface area contributed by atoms with Crippen molar-refractivity contribution in [2.75, 3.05) is 6.54 Å². The van der Waals surface area contributed by atoms with Gasteiger partial charge in [0.25, 0.3) is 0 Å². The molecule has 1 aliphatic heterocycles. The number of benzene rings is 1. The van der Waals surface area contributed by atoms with E-state index in [1.54, 1.807) is 6.20 Å². The summed E-state index contributed by atoms with van der Waals surface area (Å²) in [6.45, 7) is 3.37. The first-order valence-corrected chi connectivity index (χ1v) is 8.66. The van der Waals surface area contributed by atoms with Crippen LogP contribution in [0.5, 0.6) is 0 Å². The Balaban J connectivity index is 1.50. The summed E-state index contributed by atoms with van der Waals surface area (Å²) in [7, 11) is 1.87. The minimum Gasteiger partial charge on any atom is -0.379 e.